The van der Waals surface area contributed by atoms with Crippen molar-refractivity contribution < 1.29 is 0 Å². The summed E-state index contributed by atoms with van der Waals surface area (Å²) in [5, 5.41) is 2.60. The van der Waals surface area contributed by atoms with Crippen LogP contribution >= 0.6 is 0 Å². The first-order valence-corrected chi connectivity index (χ1v) is 6.25. The second-order valence-corrected chi connectivity index (χ2v) is 4.70. The molecule has 3 aromatic rings. The van der Waals surface area contributed by atoms with Gasteiger partial charge in [-0.2, -0.15) is 0 Å². The van der Waals surface area contributed by atoms with E-state index in [2.05, 4.69) is 66.3 Å². The molecule has 0 aliphatic rings. The van der Waals surface area contributed by atoms with Gasteiger partial charge in [0.15, 0.2) is 0 Å². The van der Waals surface area contributed by atoms with E-state index in [9.17, 15) is 0 Å². The molecule has 1 N–H and O–H groups in total. The zero-order valence-corrected chi connectivity index (χ0v) is 10.6. The van der Waals surface area contributed by atoms with E-state index in [1.54, 1.807) is 6.33 Å². The number of hydrogen-bond acceptors (Lipinski definition) is 1. The highest BCUT2D eigenvalue weighted by Crippen LogP contribution is 2.30. The van der Waals surface area contributed by atoms with Crippen molar-refractivity contribution in [1.82, 2.24) is 9.97 Å². The van der Waals surface area contributed by atoms with Gasteiger partial charge in [0.05, 0.1) is 12.0 Å². The zero-order chi connectivity index (χ0) is 12.5. The van der Waals surface area contributed by atoms with Gasteiger partial charge in [0, 0.05) is 11.6 Å². The molecule has 0 amide bonds. The van der Waals surface area contributed by atoms with Crippen LogP contribution in [-0.2, 0) is 0 Å². The number of nitrogens with zero attached hydrogens (tertiary/aromatic N) is 1. The van der Waals surface area contributed by atoms with Crippen LogP contribution < -0.4 is 0 Å². The third-order valence-electron chi connectivity index (χ3n) is 3.57. The molecule has 1 unspecified atom stereocenters. The van der Waals surface area contributed by atoms with Crippen LogP contribution in [0.2, 0.25) is 0 Å². The van der Waals surface area contributed by atoms with Crippen LogP contribution in [0.15, 0.2) is 48.8 Å². The average molecular weight is 236 g/mol. The topological polar surface area (TPSA) is 28.7 Å². The Morgan fingerprint density at radius 2 is 1.83 bits per heavy atom. The number of nitrogens with one attached hydrogen (secondary N) is 1. The average Bonchev–Trinajstić information content (AvgIpc) is 2.83. The van der Waals surface area contributed by atoms with E-state index in [0.717, 1.165) is 11.4 Å². The molecule has 1 atom stereocenters. The van der Waals surface area contributed by atoms with Gasteiger partial charge in [-0.1, -0.05) is 49.4 Å². The SMILES string of the molecule is Cc1[nH]cnc1C(C)c1cccc2ccccc12. The van der Waals surface area contributed by atoms with Crippen LogP contribution in [0.25, 0.3) is 10.8 Å². The van der Waals surface area contributed by atoms with Crippen LogP contribution in [0.4, 0.5) is 0 Å². The summed E-state index contributed by atoms with van der Waals surface area (Å²) in [5.74, 6) is 0.308. The second kappa shape index (κ2) is 4.30. The van der Waals surface area contributed by atoms with Crippen molar-refractivity contribution in [1.29, 1.82) is 0 Å². The number of aryl methyl sites for hydroxylation is 1. The van der Waals surface area contributed by atoms with Crippen molar-refractivity contribution in [3.63, 3.8) is 0 Å². The summed E-state index contributed by atoms with van der Waals surface area (Å²) in [7, 11) is 0. The Morgan fingerprint density at radius 3 is 2.61 bits per heavy atom. The lowest BCUT2D eigenvalue weighted by molar-refractivity contribution is 0.879. The van der Waals surface area contributed by atoms with Crippen LogP contribution in [0, 0.1) is 6.92 Å². The number of benzene rings is 2. The second-order valence-electron chi connectivity index (χ2n) is 4.70. The number of imidazole rings is 1. The molecule has 0 aliphatic heterocycles. The van der Waals surface area contributed by atoms with Crippen molar-refractivity contribution >= 4 is 10.8 Å². The molecule has 1 aromatic heterocycles. The molecule has 1 heterocycles. The van der Waals surface area contributed by atoms with Crippen molar-refractivity contribution in [2.24, 2.45) is 0 Å². The summed E-state index contributed by atoms with van der Waals surface area (Å²) < 4.78 is 0. The number of H-pyrrole nitrogens is 1. The third-order valence-corrected chi connectivity index (χ3v) is 3.57. The van der Waals surface area contributed by atoms with Gasteiger partial charge in [-0.3, -0.25) is 0 Å². The van der Waals surface area contributed by atoms with Crippen molar-refractivity contribution in [2.45, 2.75) is 19.8 Å². The highest BCUT2D eigenvalue weighted by atomic mass is 14.9. The summed E-state index contributed by atoms with van der Waals surface area (Å²) in [5.41, 5.74) is 3.62. The van der Waals surface area contributed by atoms with E-state index in [1.807, 2.05) is 0 Å². The molecule has 0 saturated heterocycles. The lowest BCUT2D eigenvalue weighted by atomic mass is 9.92. The standard InChI is InChI=1S/C16H16N2/c1-11(16-12(2)17-10-18-16)14-9-5-7-13-6-3-4-8-15(13)14/h3-11H,1-2H3,(H,17,18). The molecule has 0 aliphatic carbocycles. The maximum Gasteiger partial charge on any atom is 0.0925 e. The van der Waals surface area contributed by atoms with Crippen molar-refractivity contribution in [3.05, 3.63) is 65.7 Å². The summed E-state index contributed by atoms with van der Waals surface area (Å²) in [6, 6.07) is 15.0. The predicted molar refractivity (Wildman–Crippen MR) is 74.8 cm³/mol. The number of aromatic amines is 1. The Bertz CT molecular complexity index is 677. The Morgan fingerprint density at radius 1 is 1.06 bits per heavy atom. The minimum absolute atomic E-state index is 0.308. The summed E-state index contributed by atoms with van der Waals surface area (Å²) in [6.07, 6.45) is 1.77. The molecule has 0 fully saturated rings. The Labute approximate surface area is 107 Å². The van der Waals surface area contributed by atoms with E-state index in [-0.39, 0.29) is 0 Å². The molecule has 0 bridgehead atoms. The monoisotopic (exact) mass is 236 g/mol. The Hall–Kier alpha value is -2.09. The number of rotatable bonds is 2. The quantitative estimate of drug-likeness (QED) is 0.715. The molecule has 18 heavy (non-hydrogen) atoms. The lowest BCUT2D eigenvalue weighted by Crippen LogP contribution is -1.99. The first kappa shape index (κ1) is 11.0. The van der Waals surface area contributed by atoms with Gasteiger partial charge in [0.25, 0.3) is 0 Å². The van der Waals surface area contributed by atoms with Gasteiger partial charge in [0.2, 0.25) is 0 Å². The highest BCUT2D eigenvalue weighted by molar-refractivity contribution is 5.86. The van der Waals surface area contributed by atoms with Crippen molar-refractivity contribution in [2.75, 3.05) is 0 Å². The molecule has 2 nitrogen and oxygen atoms in total. The molecular weight excluding hydrogens is 220 g/mol. The summed E-state index contributed by atoms with van der Waals surface area (Å²) in [6.45, 7) is 4.29. The minimum Gasteiger partial charge on any atom is -0.348 e. The molecule has 3 rings (SSSR count). The maximum absolute atomic E-state index is 4.44. The largest absolute Gasteiger partial charge is 0.348 e. The molecule has 0 saturated carbocycles. The molecule has 2 heteroatoms. The van der Waals surface area contributed by atoms with Gasteiger partial charge in [0.1, 0.15) is 0 Å². The van der Waals surface area contributed by atoms with Gasteiger partial charge in [-0.25, -0.2) is 4.98 Å². The van der Waals surface area contributed by atoms with Gasteiger partial charge in [-0.15, -0.1) is 0 Å². The maximum atomic E-state index is 4.44. The molecule has 0 radical (unpaired) electrons. The summed E-state index contributed by atoms with van der Waals surface area (Å²) in [4.78, 5) is 7.60. The van der Waals surface area contributed by atoms with Gasteiger partial charge >= 0.3 is 0 Å². The fourth-order valence-corrected chi connectivity index (χ4v) is 2.58. The molecular formula is C16H16N2. The highest BCUT2D eigenvalue weighted by Gasteiger charge is 2.15. The van der Waals surface area contributed by atoms with E-state index >= 15 is 0 Å². The van der Waals surface area contributed by atoms with E-state index in [0.29, 0.717) is 5.92 Å². The summed E-state index contributed by atoms with van der Waals surface area (Å²) >= 11 is 0. The first-order valence-electron chi connectivity index (χ1n) is 6.25. The van der Waals surface area contributed by atoms with Gasteiger partial charge < -0.3 is 4.98 Å². The van der Waals surface area contributed by atoms with E-state index in [4.69, 9.17) is 0 Å². The van der Waals surface area contributed by atoms with E-state index < -0.39 is 0 Å². The van der Waals surface area contributed by atoms with Gasteiger partial charge in [-0.05, 0) is 23.3 Å². The minimum atomic E-state index is 0.308. The van der Waals surface area contributed by atoms with Crippen LogP contribution in [0.3, 0.4) is 0 Å². The molecule has 2 aromatic carbocycles. The van der Waals surface area contributed by atoms with Crippen molar-refractivity contribution in [3.8, 4) is 0 Å². The fraction of sp³-hybridized carbons (Fsp3) is 0.188. The lowest BCUT2D eigenvalue weighted by Gasteiger charge is -2.13. The molecule has 90 valence electrons. The smallest absolute Gasteiger partial charge is 0.0925 e. The Balaban J connectivity index is 2.18. The van der Waals surface area contributed by atoms with Crippen LogP contribution in [0.1, 0.15) is 29.8 Å². The van der Waals surface area contributed by atoms with Crippen LogP contribution in [0.5, 0.6) is 0 Å². The first-order chi connectivity index (χ1) is 8.77. The normalized spacial score (nSPS) is 12.8. The molecule has 0 spiro atoms. The third kappa shape index (κ3) is 1.70. The fourth-order valence-electron chi connectivity index (χ4n) is 2.58. The zero-order valence-electron chi connectivity index (χ0n) is 10.6. The number of hydrogen-bond donors (Lipinski definition) is 1. The predicted octanol–water partition coefficient (Wildman–Crippen LogP) is 4.02. The number of fused-ring (bicyclic) bond motifs is 1. The number of aromatic nitrogens is 2. The van der Waals surface area contributed by atoms with E-state index in [1.165, 1.54) is 16.3 Å². The van der Waals surface area contributed by atoms with Crippen LogP contribution in [-0.4, -0.2) is 9.97 Å². The Kier molecular flexibility index (Phi) is 2.63.